The molecule has 1 saturated heterocycles. The van der Waals surface area contributed by atoms with Crippen molar-refractivity contribution in [3.05, 3.63) is 0 Å². The first-order valence-electron chi connectivity index (χ1n) is 7.35. The number of ether oxygens (including phenoxy) is 1. The number of esters is 1. The van der Waals surface area contributed by atoms with Crippen molar-refractivity contribution in [2.24, 2.45) is 5.92 Å². The van der Waals surface area contributed by atoms with Gasteiger partial charge in [0.05, 0.1) is 13.0 Å². The van der Waals surface area contributed by atoms with Crippen LogP contribution in [-0.2, 0) is 9.53 Å². The van der Waals surface area contributed by atoms with Crippen LogP contribution in [0.5, 0.6) is 0 Å². The van der Waals surface area contributed by atoms with Crippen LogP contribution in [0.3, 0.4) is 0 Å². The number of urea groups is 1. The lowest BCUT2D eigenvalue weighted by molar-refractivity contribution is -0.145. The summed E-state index contributed by atoms with van der Waals surface area (Å²) >= 11 is 0. The van der Waals surface area contributed by atoms with E-state index in [9.17, 15) is 9.59 Å². The first kappa shape index (κ1) is 15.8. The molecule has 0 aliphatic carbocycles. The van der Waals surface area contributed by atoms with Gasteiger partial charge in [-0.05, 0) is 12.3 Å². The number of hydrogen-bond acceptors (Lipinski definition) is 3. The lowest BCUT2D eigenvalue weighted by Gasteiger charge is -2.16. The molecule has 0 aromatic rings. The Morgan fingerprint density at radius 3 is 2.84 bits per heavy atom. The Morgan fingerprint density at radius 1 is 1.47 bits per heavy atom. The second kappa shape index (κ2) is 8.77. The van der Waals surface area contributed by atoms with Crippen LogP contribution in [0.1, 0.15) is 46.0 Å². The highest BCUT2D eigenvalue weighted by Gasteiger charge is 2.20. The summed E-state index contributed by atoms with van der Waals surface area (Å²) in [4.78, 5) is 24.5. The SMILES string of the molecule is CCCCC(CC)COC(=O)CCN1CCNC1=O. The Kier molecular flexibility index (Phi) is 7.30. The van der Waals surface area contributed by atoms with Gasteiger partial charge in [-0.25, -0.2) is 4.79 Å². The van der Waals surface area contributed by atoms with Gasteiger partial charge in [-0.1, -0.05) is 33.1 Å². The van der Waals surface area contributed by atoms with Gasteiger partial charge in [-0.15, -0.1) is 0 Å². The number of hydrogen-bond donors (Lipinski definition) is 1. The molecule has 1 aliphatic heterocycles. The third kappa shape index (κ3) is 5.94. The van der Waals surface area contributed by atoms with Crippen LogP contribution in [-0.4, -0.2) is 43.1 Å². The Bertz CT molecular complexity index is 294. The van der Waals surface area contributed by atoms with E-state index in [2.05, 4.69) is 19.2 Å². The van der Waals surface area contributed by atoms with E-state index < -0.39 is 0 Å². The molecule has 19 heavy (non-hydrogen) atoms. The molecule has 0 radical (unpaired) electrons. The number of nitrogens with zero attached hydrogens (tertiary/aromatic N) is 1. The minimum Gasteiger partial charge on any atom is -0.465 e. The average Bonchev–Trinajstić information content (AvgIpc) is 2.82. The van der Waals surface area contributed by atoms with Gasteiger partial charge in [0.15, 0.2) is 0 Å². The van der Waals surface area contributed by atoms with Gasteiger partial charge in [0.1, 0.15) is 0 Å². The zero-order valence-corrected chi connectivity index (χ0v) is 12.1. The maximum Gasteiger partial charge on any atom is 0.317 e. The zero-order chi connectivity index (χ0) is 14.1. The van der Waals surface area contributed by atoms with Gasteiger partial charge >= 0.3 is 12.0 Å². The van der Waals surface area contributed by atoms with Crippen molar-refractivity contribution < 1.29 is 14.3 Å². The van der Waals surface area contributed by atoms with E-state index in [4.69, 9.17) is 4.74 Å². The summed E-state index contributed by atoms with van der Waals surface area (Å²) in [5.74, 6) is 0.272. The molecule has 5 nitrogen and oxygen atoms in total. The first-order chi connectivity index (χ1) is 9.17. The second-order valence-electron chi connectivity index (χ2n) is 5.07. The Hall–Kier alpha value is -1.26. The van der Waals surface area contributed by atoms with Crippen LogP contribution in [0, 0.1) is 5.92 Å². The predicted octanol–water partition coefficient (Wildman–Crippen LogP) is 2.16. The molecule has 0 aromatic heterocycles. The Labute approximate surface area is 115 Å². The molecule has 1 aliphatic rings. The van der Waals surface area contributed by atoms with Crippen molar-refractivity contribution in [2.45, 2.75) is 46.0 Å². The van der Waals surface area contributed by atoms with Crippen LogP contribution >= 0.6 is 0 Å². The summed E-state index contributed by atoms with van der Waals surface area (Å²) < 4.78 is 5.29. The molecule has 110 valence electrons. The molecule has 2 amide bonds. The molecule has 0 saturated carbocycles. The summed E-state index contributed by atoms with van der Waals surface area (Å²) in [6.45, 7) is 6.61. The summed E-state index contributed by atoms with van der Waals surface area (Å²) in [7, 11) is 0. The summed E-state index contributed by atoms with van der Waals surface area (Å²) in [5, 5.41) is 2.71. The van der Waals surface area contributed by atoms with Crippen molar-refractivity contribution in [3.8, 4) is 0 Å². The van der Waals surface area contributed by atoms with Crippen molar-refractivity contribution >= 4 is 12.0 Å². The van der Waals surface area contributed by atoms with E-state index >= 15 is 0 Å². The van der Waals surface area contributed by atoms with Gasteiger partial charge in [0.2, 0.25) is 0 Å². The predicted molar refractivity (Wildman–Crippen MR) is 73.9 cm³/mol. The number of amides is 2. The maximum absolute atomic E-state index is 11.6. The number of rotatable bonds is 9. The van der Waals surface area contributed by atoms with Crippen LogP contribution in [0.25, 0.3) is 0 Å². The smallest absolute Gasteiger partial charge is 0.317 e. The monoisotopic (exact) mass is 270 g/mol. The molecule has 1 rings (SSSR count). The Morgan fingerprint density at radius 2 is 2.26 bits per heavy atom. The number of carbonyl (C=O) groups excluding carboxylic acids is 2. The van der Waals surface area contributed by atoms with E-state index in [-0.39, 0.29) is 18.4 Å². The molecule has 0 aromatic carbocycles. The number of carbonyl (C=O) groups is 2. The van der Waals surface area contributed by atoms with E-state index in [0.717, 1.165) is 12.8 Å². The minimum atomic E-state index is -0.199. The zero-order valence-electron chi connectivity index (χ0n) is 12.1. The van der Waals surface area contributed by atoms with Gasteiger partial charge in [0, 0.05) is 19.6 Å². The molecule has 0 bridgehead atoms. The highest BCUT2D eigenvalue weighted by atomic mass is 16.5. The topological polar surface area (TPSA) is 58.6 Å². The number of nitrogens with one attached hydrogen (secondary N) is 1. The van der Waals surface area contributed by atoms with Gasteiger partial charge in [0.25, 0.3) is 0 Å². The van der Waals surface area contributed by atoms with Gasteiger partial charge in [-0.3, -0.25) is 4.79 Å². The van der Waals surface area contributed by atoms with Crippen LogP contribution in [0.15, 0.2) is 0 Å². The van der Waals surface area contributed by atoms with E-state index in [1.807, 2.05) is 0 Å². The molecule has 5 heteroatoms. The van der Waals surface area contributed by atoms with Crippen molar-refractivity contribution in [1.29, 1.82) is 0 Å². The van der Waals surface area contributed by atoms with E-state index in [1.54, 1.807) is 4.90 Å². The largest absolute Gasteiger partial charge is 0.465 e. The fourth-order valence-electron chi connectivity index (χ4n) is 2.13. The standard InChI is InChI=1S/C14H26N2O3/c1-3-5-6-12(4-2)11-19-13(17)7-9-16-10-8-15-14(16)18/h12H,3-11H2,1-2H3,(H,15,18). The fourth-order valence-corrected chi connectivity index (χ4v) is 2.13. The lowest BCUT2D eigenvalue weighted by Crippen LogP contribution is -2.30. The van der Waals surface area contributed by atoms with Crippen molar-refractivity contribution in [2.75, 3.05) is 26.2 Å². The third-order valence-electron chi connectivity index (χ3n) is 3.55. The molecule has 1 N–H and O–H groups in total. The number of unbranched alkanes of at least 4 members (excludes halogenated alkanes) is 1. The third-order valence-corrected chi connectivity index (χ3v) is 3.55. The first-order valence-corrected chi connectivity index (χ1v) is 7.35. The Balaban J connectivity index is 2.14. The maximum atomic E-state index is 11.6. The molecule has 1 unspecified atom stereocenters. The van der Waals surface area contributed by atoms with Gasteiger partial charge in [-0.2, -0.15) is 0 Å². The lowest BCUT2D eigenvalue weighted by atomic mass is 10.0. The van der Waals surface area contributed by atoms with E-state index in [1.165, 1.54) is 12.8 Å². The molecule has 0 spiro atoms. The highest BCUT2D eigenvalue weighted by Crippen LogP contribution is 2.13. The summed E-state index contributed by atoms with van der Waals surface area (Å²) in [6.07, 6.45) is 4.81. The molecule has 1 atom stereocenters. The van der Waals surface area contributed by atoms with Crippen molar-refractivity contribution in [3.63, 3.8) is 0 Å². The minimum absolute atomic E-state index is 0.0813. The normalized spacial score (nSPS) is 16.3. The summed E-state index contributed by atoms with van der Waals surface area (Å²) in [6, 6.07) is -0.0813. The average molecular weight is 270 g/mol. The molecular weight excluding hydrogens is 244 g/mol. The molecule has 1 fully saturated rings. The summed E-state index contributed by atoms with van der Waals surface area (Å²) in [5.41, 5.74) is 0. The van der Waals surface area contributed by atoms with Crippen LogP contribution in [0.2, 0.25) is 0 Å². The van der Waals surface area contributed by atoms with Crippen LogP contribution < -0.4 is 5.32 Å². The molecular formula is C14H26N2O3. The van der Waals surface area contributed by atoms with Crippen molar-refractivity contribution in [1.82, 2.24) is 10.2 Å². The molecule has 1 heterocycles. The van der Waals surface area contributed by atoms with Gasteiger partial charge < -0.3 is 15.0 Å². The van der Waals surface area contributed by atoms with E-state index in [0.29, 0.717) is 32.2 Å². The fraction of sp³-hybridized carbons (Fsp3) is 0.857. The quantitative estimate of drug-likeness (QED) is 0.653. The van der Waals surface area contributed by atoms with Crippen LogP contribution in [0.4, 0.5) is 4.79 Å². The second-order valence-corrected chi connectivity index (χ2v) is 5.07. The highest BCUT2D eigenvalue weighted by molar-refractivity contribution is 5.77.